The van der Waals surface area contributed by atoms with E-state index in [0.29, 0.717) is 62.6 Å². The number of thiazole rings is 1. The molecule has 2 aromatic heterocycles. The van der Waals surface area contributed by atoms with E-state index < -0.39 is 33.1 Å². The zero-order valence-corrected chi connectivity index (χ0v) is 36.0. The first kappa shape index (κ1) is 43.2. The quantitative estimate of drug-likeness (QED) is 0.216. The molecule has 316 valence electrons. The summed E-state index contributed by atoms with van der Waals surface area (Å²) in [6.07, 6.45) is 3.99. The Morgan fingerprint density at radius 2 is 1.62 bits per heavy atom. The third-order valence-corrected chi connectivity index (χ3v) is 13.0. The van der Waals surface area contributed by atoms with Crippen molar-refractivity contribution in [2.75, 3.05) is 61.6 Å². The van der Waals surface area contributed by atoms with Crippen LogP contribution >= 0.6 is 11.3 Å². The Labute approximate surface area is 344 Å². The van der Waals surface area contributed by atoms with E-state index in [0.717, 1.165) is 30.9 Å². The molecule has 58 heavy (non-hydrogen) atoms. The second-order valence-corrected chi connectivity index (χ2v) is 20.4. The van der Waals surface area contributed by atoms with Crippen LogP contribution in [0.1, 0.15) is 91.5 Å². The number of carbonyl (C=O) groups is 3. The number of likely N-dealkylation sites (tertiary alicyclic amines) is 3. The average Bonchev–Trinajstić information content (AvgIpc) is 3.56. The topological polar surface area (TPSA) is 176 Å². The number of carbonyl (C=O) groups excluding carboxylic acids is 3. The molecule has 5 heterocycles. The minimum Gasteiger partial charge on any atom is -0.444 e. The van der Waals surface area contributed by atoms with Crippen molar-refractivity contribution in [1.29, 1.82) is 0 Å². The van der Waals surface area contributed by atoms with E-state index in [2.05, 4.69) is 24.9 Å². The van der Waals surface area contributed by atoms with E-state index in [-0.39, 0.29) is 52.0 Å². The first-order valence-electron chi connectivity index (χ1n) is 19.8. The molecule has 0 aliphatic carbocycles. The number of ether oxygens (including phenoxy) is 2. The summed E-state index contributed by atoms with van der Waals surface area (Å²) in [7, 11) is -3.78. The second kappa shape index (κ2) is 17.0. The molecule has 0 bridgehead atoms. The number of benzene rings is 1. The predicted molar refractivity (Wildman–Crippen MR) is 221 cm³/mol. The fraction of sp³-hybridized carbons (Fsp3) is 0.600. The van der Waals surface area contributed by atoms with Gasteiger partial charge in [0.2, 0.25) is 21.9 Å². The molecule has 1 spiro atoms. The molecule has 2 N–H and O–H groups in total. The SMILES string of the molecule is CCCS(=O)(=O)Nc1cccc(-c2nc(C3CCN(C(=O)CN4CCC5(CC4)CN(C(=O)OC(C)(C)C)C5)CC3)sc2-c2ccnc(NC(=O)OC(C)(C)C)n2)c1F. The summed E-state index contributed by atoms with van der Waals surface area (Å²) in [5.74, 6) is -0.899. The summed E-state index contributed by atoms with van der Waals surface area (Å²) < 4.78 is 54.7. The number of piperidine rings is 2. The van der Waals surface area contributed by atoms with Crippen molar-refractivity contribution in [2.24, 2.45) is 5.41 Å². The standard InChI is InChI=1S/C40H55FN8O7S2/c1-8-22-58(53,54)46-28-11-9-10-27(31(28)41)32-33(29-12-17-42-35(43-29)45-36(51)55-38(2,3)4)57-34(44-32)26-13-18-48(19-14-26)30(50)23-47-20-15-40(16-21-47)24-49(25-40)37(52)56-39(5,6)7/h9-12,17,26,46H,8,13-16,18-25H2,1-7H3,(H,42,43,45,51). The van der Waals surface area contributed by atoms with Gasteiger partial charge in [-0.1, -0.05) is 13.0 Å². The summed E-state index contributed by atoms with van der Waals surface area (Å²) >= 11 is 1.34. The minimum atomic E-state index is -3.78. The number of anilines is 2. The van der Waals surface area contributed by atoms with Crippen molar-refractivity contribution >= 4 is 51.1 Å². The van der Waals surface area contributed by atoms with Crippen molar-refractivity contribution < 1.29 is 36.7 Å². The molecule has 0 radical (unpaired) electrons. The molecule has 3 aliphatic heterocycles. The monoisotopic (exact) mass is 842 g/mol. The van der Waals surface area contributed by atoms with Gasteiger partial charge in [0, 0.05) is 49.3 Å². The molecule has 6 rings (SSSR count). The number of hydrogen-bond donors (Lipinski definition) is 2. The highest BCUT2D eigenvalue weighted by Crippen LogP contribution is 2.44. The smallest absolute Gasteiger partial charge is 0.414 e. The average molecular weight is 843 g/mol. The molecule has 15 nitrogen and oxygen atoms in total. The van der Waals surface area contributed by atoms with Gasteiger partial charge in [-0.15, -0.1) is 11.3 Å². The van der Waals surface area contributed by atoms with Gasteiger partial charge in [-0.25, -0.2) is 37.3 Å². The lowest BCUT2D eigenvalue weighted by Crippen LogP contribution is -2.62. The summed E-state index contributed by atoms with van der Waals surface area (Å²) in [5, 5.41) is 3.29. The molecule has 3 saturated heterocycles. The fourth-order valence-corrected chi connectivity index (χ4v) is 9.83. The van der Waals surface area contributed by atoms with Gasteiger partial charge < -0.3 is 19.3 Å². The first-order valence-corrected chi connectivity index (χ1v) is 22.3. The third-order valence-electron chi connectivity index (χ3n) is 10.3. The molecular formula is C40H55FN8O7S2. The number of nitrogens with one attached hydrogen (secondary N) is 2. The molecule has 0 atom stereocenters. The number of rotatable bonds is 10. The maximum atomic E-state index is 16.2. The number of nitrogens with zero attached hydrogens (tertiary/aromatic N) is 6. The number of sulfonamides is 1. The Morgan fingerprint density at radius 1 is 0.948 bits per heavy atom. The molecule has 3 aliphatic rings. The lowest BCUT2D eigenvalue weighted by Gasteiger charge is -2.53. The molecule has 3 fully saturated rings. The van der Waals surface area contributed by atoms with Crippen molar-refractivity contribution in [2.45, 2.75) is 97.7 Å². The van der Waals surface area contributed by atoms with Crippen molar-refractivity contribution in [3.8, 4) is 21.8 Å². The number of aromatic nitrogens is 3. The van der Waals surface area contributed by atoms with Crippen molar-refractivity contribution in [1.82, 2.24) is 29.7 Å². The van der Waals surface area contributed by atoms with E-state index >= 15 is 4.39 Å². The molecule has 3 amide bonds. The largest absolute Gasteiger partial charge is 0.444 e. The van der Waals surface area contributed by atoms with Gasteiger partial charge in [0.25, 0.3) is 0 Å². The van der Waals surface area contributed by atoms with Crippen LogP contribution in [-0.4, -0.2) is 119 Å². The van der Waals surface area contributed by atoms with Gasteiger partial charge in [0.05, 0.1) is 39.3 Å². The maximum absolute atomic E-state index is 16.2. The molecule has 18 heteroatoms. The summed E-state index contributed by atoms with van der Waals surface area (Å²) in [5.41, 5.74) is -0.621. The van der Waals surface area contributed by atoms with Crippen LogP contribution in [0.4, 0.5) is 25.6 Å². The highest BCUT2D eigenvalue weighted by molar-refractivity contribution is 7.92. The van der Waals surface area contributed by atoms with Crippen LogP contribution in [-0.2, 0) is 24.3 Å². The lowest BCUT2D eigenvalue weighted by atomic mass is 9.72. The zero-order chi connectivity index (χ0) is 42.0. The fourth-order valence-electron chi connectivity index (χ4n) is 7.48. The van der Waals surface area contributed by atoms with E-state index in [4.69, 9.17) is 14.5 Å². The van der Waals surface area contributed by atoms with E-state index in [1.165, 1.54) is 23.6 Å². The van der Waals surface area contributed by atoms with Gasteiger partial charge in [0.15, 0.2) is 5.82 Å². The van der Waals surface area contributed by atoms with Gasteiger partial charge in [-0.2, -0.15) is 0 Å². The molecule has 0 saturated carbocycles. The Kier molecular flexibility index (Phi) is 12.7. The van der Waals surface area contributed by atoms with Crippen LogP contribution in [0, 0.1) is 11.2 Å². The van der Waals surface area contributed by atoms with Crippen LogP contribution in [0.3, 0.4) is 0 Å². The van der Waals surface area contributed by atoms with Crippen molar-refractivity contribution in [3.63, 3.8) is 0 Å². The van der Waals surface area contributed by atoms with Gasteiger partial charge >= 0.3 is 12.2 Å². The van der Waals surface area contributed by atoms with E-state index in [1.807, 2.05) is 25.7 Å². The minimum absolute atomic E-state index is 0.0136. The predicted octanol–water partition coefficient (Wildman–Crippen LogP) is 6.94. The van der Waals surface area contributed by atoms with E-state index in [1.54, 1.807) is 50.8 Å². The Balaban J connectivity index is 1.14. The Bertz CT molecular complexity index is 2090. The van der Waals surface area contributed by atoms with Crippen LogP contribution in [0.25, 0.3) is 21.8 Å². The summed E-state index contributed by atoms with van der Waals surface area (Å²) in [6, 6.07) is 6.12. The maximum Gasteiger partial charge on any atom is 0.414 e. The summed E-state index contributed by atoms with van der Waals surface area (Å²) in [6.45, 7) is 16.9. The van der Waals surface area contributed by atoms with Crippen LogP contribution in [0.15, 0.2) is 30.5 Å². The Hall–Kier alpha value is -4.42. The lowest BCUT2D eigenvalue weighted by molar-refractivity contribution is -0.134. The first-order chi connectivity index (χ1) is 27.2. The van der Waals surface area contributed by atoms with Gasteiger partial charge in [-0.3, -0.25) is 19.7 Å². The van der Waals surface area contributed by atoms with Crippen LogP contribution in [0.2, 0.25) is 0 Å². The number of halogens is 1. The summed E-state index contributed by atoms with van der Waals surface area (Å²) in [4.78, 5) is 58.6. The second-order valence-electron chi connectivity index (χ2n) is 17.5. The van der Waals surface area contributed by atoms with Gasteiger partial charge in [-0.05, 0) is 105 Å². The number of amides is 3. The molecular weight excluding hydrogens is 788 g/mol. The normalized spacial score (nSPS) is 17.8. The molecule has 3 aromatic rings. The highest BCUT2D eigenvalue weighted by atomic mass is 32.2. The molecule has 1 aromatic carbocycles. The zero-order valence-electron chi connectivity index (χ0n) is 34.4. The number of hydrogen-bond acceptors (Lipinski definition) is 12. The van der Waals surface area contributed by atoms with Crippen LogP contribution < -0.4 is 10.0 Å². The third kappa shape index (κ3) is 10.8. The highest BCUT2D eigenvalue weighted by Gasteiger charge is 2.48. The van der Waals surface area contributed by atoms with Gasteiger partial charge in [0.1, 0.15) is 11.2 Å². The van der Waals surface area contributed by atoms with Crippen molar-refractivity contribution in [3.05, 3.63) is 41.3 Å². The molecule has 0 unspecified atom stereocenters. The van der Waals surface area contributed by atoms with E-state index in [9.17, 15) is 22.8 Å². The van der Waals surface area contributed by atoms with Crippen LogP contribution in [0.5, 0.6) is 0 Å². The Morgan fingerprint density at radius 3 is 2.26 bits per heavy atom.